The van der Waals surface area contributed by atoms with Gasteiger partial charge in [0.2, 0.25) is 0 Å². The molecule has 0 radical (unpaired) electrons. The molecular formula is C8H10ClN3OS. The Kier molecular flexibility index (Phi) is 3.38. The van der Waals surface area contributed by atoms with Crippen LogP contribution in [0.5, 0.6) is 0 Å². The highest BCUT2D eigenvalue weighted by Crippen LogP contribution is 2.42. The number of nitrogens with one attached hydrogen (secondary N) is 1. The fourth-order valence-electron chi connectivity index (χ4n) is 1.08. The molecule has 2 rings (SSSR count). The van der Waals surface area contributed by atoms with Crippen molar-refractivity contribution in [2.45, 2.75) is 5.03 Å². The average molecular weight is 232 g/mol. The molecule has 2 heterocycles. The Labute approximate surface area is 89.7 Å². The molecule has 0 saturated carbocycles. The number of halogens is 1. The van der Waals surface area contributed by atoms with E-state index >= 15 is 0 Å². The molecule has 6 heteroatoms. The highest BCUT2D eigenvalue weighted by Gasteiger charge is 2.10. The van der Waals surface area contributed by atoms with Crippen molar-refractivity contribution in [1.29, 1.82) is 0 Å². The lowest BCUT2D eigenvalue weighted by Crippen LogP contribution is -2.13. The summed E-state index contributed by atoms with van der Waals surface area (Å²) < 4.78 is 0. The number of hydrogen-bond acceptors (Lipinski definition) is 3. The van der Waals surface area contributed by atoms with Crippen LogP contribution < -0.4 is 11.3 Å². The van der Waals surface area contributed by atoms with Gasteiger partial charge in [-0.25, -0.2) is 4.98 Å². The number of nitrogens with two attached hydrogens (primary N) is 1. The Morgan fingerprint density at radius 1 is 1.36 bits per heavy atom. The minimum atomic E-state index is -0.594. The summed E-state index contributed by atoms with van der Waals surface area (Å²) in [7, 11) is -0.594. The highest BCUT2D eigenvalue weighted by molar-refractivity contribution is 8.22. The number of nitrogens with zero attached hydrogens (tertiary/aromatic N) is 1. The minimum absolute atomic E-state index is 0. The smallest absolute Gasteiger partial charge is 0.274 e. The second-order valence-corrected chi connectivity index (χ2v) is 4.39. The second kappa shape index (κ2) is 4.34. The number of aromatic amines is 1. The van der Waals surface area contributed by atoms with Gasteiger partial charge < -0.3 is 10.7 Å². The predicted molar refractivity (Wildman–Crippen MR) is 62.1 cm³/mol. The molecule has 1 aromatic rings. The minimum Gasteiger partial charge on any atom is -0.392 e. The van der Waals surface area contributed by atoms with E-state index < -0.39 is 10.9 Å². The molecule has 0 fully saturated rings. The van der Waals surface area contributed by atoms with Gasteiger partial charge in [0.1, 0.15) is 10.7 Å². The number of H-pyrrole nitrogens is 1. The van der Waals surface area contributed by atoms with Crippen LogP contribution in [0, 0.1) is 0 Å². The maximum Gasteiger partial charge on any atom is 0.274 e. The molecule has 0 spiro atoms. The third kappa shape index (κ3) is 1.83. The fourth-order valence-corrected chi connectivity index (χ4v) is 2.60. The first-order valence-electron chi connectivity index (χ1n) is 3.75. The van der Waals surface area contributed by atoms with Crippen molar-refractivity contribution in [1.82, 2.24) is 9.97 Å². The van der Waals surface area contributed by atoms with Crippen molar-refractivity contribution < 1.29 is 0 Å². The number of thiol groups is 1. The maximum absolute atomic E-state index is 11.1. The summed E-state index contributed by atoms with van der Waals surface area (Å²) in [6.07, 6.45) is 5.26. The van der Waals surface area contributed by atoms with Crippen LogP contribution in [-0.4, -0.2) is 9.97 Å². The third-order valence-electron chi connectivity index (χ3n) is 1.72. The molecule has 0 saturated heterocycles. The van der Waals surface area contributed by atoms with Gasteiger partial charge >= 0.3 is 0 Å². The van der Waals surface area contributed by atoms with Crippen LogP contribution in [0.1, 0.15) is 0 Å². The van der Waals surface area contributed by atoms with Gasteiger partial charge in [-0.3, -0.25) is 4.79 Å². The average Bonchev–Trinajstić information content (AvgIpc) is 2.62. The SMILES string of the molecule is Cl.Nc1c([SH]2C=CC=C2)nc[nH]c1=O. The van der Waals surface area contributed by atoms with Crippen LogP contribution in [0.25, 0.3) is 0 Å². The molecule has 76 valence electrons. The van der Waals surface area contributed by atoms with E-state index in [1.807, 2.05) is 23.0 Å². The molecule has 4 nitrogen and oxygen atoms in total. The molecular weight excluding hydrogens is 222 g/mol. The lowest BCUT2D eigenvalue weighted by atomic mass is 10.5. The number of nitrogen functional groups attached to an aromatic ring is 1. The molecule has 14 heavy (non-hydrogen) atoms. The van der Waals surface area contributed by atoms with Crippen molar-refractivity contribution in [2.24, 2.45) is 0 Å². The van der Waals surface area contributed by atoms with E-state index in [0.29, 0.717) is 5.03 Å². The molecule has 0 bridgehead atoms. The Bertz CT molecular complexity index is 428. The molecule has 1 aliphatic rings. The molecule has 1 aromatic heterocycles. The molecule has 0 amide bonds. The molecule has 0 aliphatic carbocycles. The van der Waals surface area contributed by atoms with Gasteiger partial charge in [0.05, 0.1) is 6.33 Å². The van der Waals surface area contributed by atoms with Gasteiger partial charge in [0.25, 0.3) is 5.56 Å². The molecule has 0 unspecified atom stereocenters. The molecule has 0 atom stereocenters. The fraction of sp³-hybridized carbons (Fsp3) is 0. The Hall–Kier alpha value is -1.20. The summed E-state index contributed by atoms with van der Waals surface area (Å²) in [5.41, 5.74) is 5.57. The van der Waals surface area contributed by atoms with E-state index in [1.165, 1.54) is 6.33 Å². The summed E-state index contributed by atoms with van der Waals surface area (Å²) in [6.45, 7) is 0. The van der Waals surface area contributed by atoms with Crippen molar-refractivity contribution in [2.75, 3.05) is 5.73 Å². The van der Waals surface area contributed by atoms with Gasteiger partial charge in [0.15, 0.2) is 0 Å². The van der Waals surface area contributed by atoms with Gasteiger partial charge in [-0.1, -0.05) is 12.2 Å². The number of anilines is 1. The maximum atomic E-state index is 11.1. The zero-order chi connectivity index (χ0) is 9.26. The first kappa shape index (κ1) is 10.9. The Morgan fingerprint density at radius 3 is 2.64 bits per heavy atom. The second-order valence-electron chi connectivity index (χ2n) is 2.56. The van der Waals surface area contributed by atoms with Crippen LogP contribution in [0.2, 0.25) is 0 Å². The number of rotatable bonds is 1. The molecule has 1 aliphatic heterocycles. The summed E-state index contributed by atoms with van der Waals surface area (Å²) in [5.74, 6) is 0. The molecule has 3 N–H and O–H groups in total. The number of aromatic nitrogens is 2. The quantitative estimate of drug-likeness (QED) is 0.502. The Balaban J connectivity index is 0.000000980. The summed E-state index contributed by atoms with van der Waals surface area (Å²) in [6, 6.07) is 0. The largest absolute Gasteiger partial charge is 0.392 e. The first-order chi connectivity index (χ1) is 6.29. The Morgan fingerprint density at radius 2 is 2.00 bits per heavy atom. The van der Waals surface area contributed by atoms with E-state index in [1.54, 1.807) is 0 Å². The summed E-state index contributed by atoms with van der Waals surface area (Å²) >= 11 is 0. The van der Waals surface area contributed by atoms with Crippen LogP contribution in [0.4, 0.5) is 5.69 Å². The van der Waals surface area contributed by atoms with Crippen molar-refractivity contribution in [3.63, 3.8) is 0 Å². The van der Waals surface area contributed by atoms with E-state index in [0.717, 1.165) is 0 Å². The zero-order valence-corrected chi connectivity index (χ0v) is 8.89. The van der Waals surface area contributed by atoms with Crippen molar-refractivity contribution >= 4 is 29.0 Å². The van der Waals surface area contributed by atoms with Crippen LogP contribution in [0.3, 0.4) is 0 Å². The van der Waals surface area contributed by atoms with E-state index in [-0.39, 0.29) is 23.7 Å². The predicted octanol–water partition coefficient (Wildman–Crippen LogP) is 1.17. The van der Waals surface area contributed by atoms with Crippen LogP contribution in [-0.2, 0) is 0 Å². The van der Waals surface area contributed by atoms with E-state index in [2.05, 4.69) is 9.97 Å². The topological polar surface area (TPSA) is 71.8 Å². The zero-order valence-electron chi connectivity index (χ0n) is 7.18. The summed E-state index contributed by atoms with van der Waals surface area (Å²) in [4.78, 5) is 17.6. The van der Waals surface area contributed by atoms with E-state index in [4.69, 9.17) is 5.73 Å². The number of allylic oxidation sites excluding steroid dienone is 2. The van der Waals surface area contributed by atoms with Crippen LogP contribution >= 0.6 is 23.3 Å². The molecule has 0 aromatic carbocycles. The van der Waals surface area contributed by atoms with Gasteiger partial charge in [0, 0.05) is 0 Å². The van der Waals surface area contributed by atoms with Crippen LogP contribution in [0.15, 0.2) is 39.1 Å². The van der Waals surface area contributed by atoms with E-state index in [9.17, 15) is 4.79 Å². The normalized spacial score (nSPS) is 15.6. The van der Waals surface area contributed by atoms with Crippen molar-refractivity contribution in [3.8, 4) is 0 Å². The van der Waals surface area contributed by atoms with Gasteiger partial charge in [-0.2, -0.15) is 10.9 Å². The first-order valence-corrected chi connectivity index (χ1v) is 5.23. The lowest BCUT2D eigenvalue weighted by molar-refractivity contribution is 1.02. The van der Waals surface area contributed by atoms with Gasteiger partial charge in [-0.05, 0) is 10.8 Å². The summed E-state index contributed by atoms with van der Waals surface area (Å²) in [5, 5.41) is 4.70. The highest BCUT2D eigenvalue weighted by atomic mass is 35.5. The lowest BCUT2D eigenvalue weighted by Gasteiger charge is -2.09. The van der Waals surface area contributed by atoms with Crippen molar-refractivity contribution in [3.05, 3.63) is 39.6 Å². The van der Waals surface area contributed by atoms with Gasteiger partial charge in [-0.15, -0.1) is 12.4 Å². The third-order valence-corrected chi connectivity index (χ3v) is 3.55. The number of hydrogen-bond donors (Lipinski definition) is 3. The standard InChI is InChI=1S/C8H9N3OS.ClH/c9-6-7(12)10-5-11-8(6)13-3-1-2-4-13;/h1-5,13H,9H2,(H,10,11,12);1H. The monoisotopic (exact) mass is 231 g/mol.